The highest BCUT2D eigenvalue weighted by Crippen LogP contribution is 2.19. The van der Waals surface area contributed by atoms with Gasteiger partial charge in [0.05, 0.1) is 12.7 Å². The van der Waals surface area contributed by atoms with Crippen LogP contribution in [0.1, 0.15) is 30.5 Å². The molecule has 0 fully saturated rings. The highest BCUT2D eigenvalue weighted by atomic mass is 19.1. The molecule has 0 aliphatic carbocycles. The summed E-state index contributed by atoms with van der Waals surface area (Å²) in [6.45, 7) is 3.20. The second-order valence-corrected chi connectivity index (χ2v) is 4.99. The molecule has 0 aliphatic rings. The molecule has 4 heteroatoms. The van der Waals surface area contributed by atoms with Crippen LogP contribution in [0, 0.1) is 17.1 Å². The Balaban J connectivity index is 2.02. The molecule has 1 atom stereocenters. The first kappa shape index (κ1) is 16.0. The summed E-state index contributed by atoms with van der Waals surface area (Å²) in [6, 6.07) is 15.6. The van der Waals surface area contributed by atoms with Gasteiger partial charge in [-0.15, -0.1) is 0 Å². The average molecular weight is 298 g/mol. The predicted molar refractivity (Wildman–Crippen MR) is 83.8 cm³/mol. The zero-order chi connectivity index (χ0) is 15.8. The summed E-state index contributed by atoms with van der Waals surface area (Å²) in [5, 5.41) is 12.5. The molecule has 0 saturated carbocycles. The number of nitrogens with one attached hydrogen (secondary N) is 1. The van der Waals surface area contributed by atoms with Crippen LogP contribution in [-0.2, 0) is 6.54 Å². The van der Waals surface area contributed by atoms with Crippen molar-refractivity contribution < 1.29 is 9.13 Å². The molecule has 1 N–H and O–H groups in total. The summed E-state index contributed by atoms with van der Waals surface area (Å²) >= 11 is 0. The van der Waals surface area contributed by atoms with E-state index in [1.165, 1.54) is 12.1 Å². The molecule has 0 bridgehead atoms. The quantitative estimate of drug-likeness (QED) is 0.841. The van der Waals surface area contributed by atoms with Gasteiger partial charge in [-0.05, 0) is 41.8 Å². The summed E-state index contributed by atoms with van der Waals surface area (Å²) in [5.41, 5.74) is 1.79. The standard InChI is InChI=1S/C18H19FN2O/c1-2-10-22-17-5-3-4-15(11-17)18(12-20)21-13-14-6-8-16(19)9-7-14/h3-9,11,18,21H,2,10,13H2,1H3. The maximum absolute atomic E-state index is 12.9. The minimum absolute atomic E-state index is 0.263. The van der Waals surface area contributed by atoms with Gasteiger partial charge in [0.25, 0.3) is 0 Å². The number of nitriles is 1. The van der Waals surface area contributed by atoms with Crippen molar-refractivity contribution in [3.63, 3.8) is 0 Å². The molecule has 0 amide bonds. The van der Waals surface area contributed by atoms with Crippen LogP contribution in [0.2, 0.25) is 0 Å². The Hall–Kier alpha value is -2.38. The Labute approximate surface area is 130 Å². The molecule has 22 heavy (non-hydrogen) atoms. The van der Waals surface area contributed by atoms with Crippen LogP contribution in [-0.4, -0.2) is 6.61 Å². The Morgan fingerprint density at radius 3 is 2.68 bits per heavy atom. The number of hydrogen-bond donors (Lipinski definition) is 1. The molecule has 3 nitrogen and oxygen atoms in total. The average Bonchev–Trinajstić information content (AvgIpc) is 2.55. The van der Waals surface area contributed by atoms with E-state index in [1.807, 2.05) is 31.2 Å². The van der Waals surface area contributed by atoms with Crippen LogP contribution in [0.25, 0.3) is 0 Å². The minimum Gasteiger partial charge on any atom is -0.494 e. The van der Waals surface area contributed by atoms with E-state index in [4.69, 9.17) is 4.74 Å². The fourth-order valence-electron chi connectivity index (χ4n) is 2.06. The van der Waals surface area contributed by atoms with Gasteiger partial charge in [0.15, 0.2) is 0 Å². The largest absolute Gasteiger partial charge is 0.494 e. The Kier molecular flexibility index (Phi) is 5.93. The third kappa shape index (κ3) is 4.57. The monoisotopic (exact) mass is 298 g/mol. The smallest absolute Gasteiger partial charge is 0.123 e. The molecule has 0 spiro atoms. The van der Waals surface area contributed by atoms with E-state index in [2.05, 4.69) is 11.4 Å². The summed E-state index contributed by atoms with van der Waals surface area (Å²) in [6.07, 6.45) is 0.939. The molecule has 2 aromatic carbocycles. The summed E-state index contributed by atoms with van der Waals surface area (Å²) in [7, 11) is 0. The number of hydrogen-bond acceptors (Lipinski definition) is 3. The fourth-order valence-corrected chi connectivity index (χ4v) is 2.06. The molecule has 2 aromatic rings. The molecule has 0 aromatic heterocycles. The lowest BCUT2D eigenvalue weighted by atomic mass is 10.1. The first-order chi connectivity index (χ1) is 10.7. The highest BCUT2D eigenvalue weighted by molar-refractivity contribution is 5.33. The second-order valence-electron chi connectivity index (χ2n) is 4.99. The van der Waals surface area contributed by atoms with Crippen LogP contribution >= 0.6 is 0 Å². The summed E-state index contributed by atoms with van der Waals surface area (Å²) in [4.78, 5) is 0. The number of ether oxygens (including phenoxy) is 1. The van der Waals surface area contributed by atoms with Gasteiger partial charge in [-0.25, -0.2) is 4.39 Å². The van der Waals surface area contributed by atoms with Gasteiger partial charge < -0.3 is 4.74 Å². The molecular formula is C18H19FN2O. The number of nitrogens with zero attached hydrogens (tertiary/aromatic N) is 1. The lowest BCUT2D eigenvalue weighted by molar-refractivity contribution is 0.317. The van der Waals surface area contributed by atoms with E-state index in [-0.39, 0.29) is 5.82 Å². The molecule has 0 radical (unpaired) electrons. The van der Waals surface area contributed by atoms with Gasteiger partial charge in [0.2, 0.25) is 0 Å². The zero-order valence-electron chi connectivity index (χ0n) is 12.6. The topological polar surface area (TPSA) is 45.0 Å². The van der Waals surface area contributed by atoms with Crippen molar-refractivity contribution in [2.45, 2.75) is 25.9 Å². The van der Waals surface area contributed by atoms with Gasteiger partial charge >= 0.3 is 0 Å². The van der Waals surface area contributed by atoms with E-state index in [0.29, 0.717) is 13.2 Å². The lowest BCUT2D eigenvalue weighted by Gasteiger charge is -2.13. The normalized spacial score (nSPS) is 11.7. The summed E-state index contributed by atoms with van der Waals surface area (Å²) < 4.78 is 18.5. The molecule has 0 heterocycles. The van der Waals surface area contributed by atoms with Crippen LogP contribution in [0.3, 0.4) is 0 Å². The van der Waals surface area contributed by atoms with Gasteiger partial charge in [0.1, 0.15) is 17.6 Å². The first-order valence-corrected chi connectivity index (χ1v) is 7.33. The number of benzene rings is 2. The second kappa shape index (κ2) is 8.16. The van der Waals surface area contributed by atoms with Crippen molar-refractivity contribution in [2.24, 2.45) is 0 Å². The van der Waals surface area contributed by atoms with Crippen molar-refractivity contribution in [1.82, 2.24) is 5.32 Å². The summed E-state index contributed by atoms with van der Waals surface area (Å²) in [5.74, 6) is 0.504. The van der Waals surface area contributed by atoms with Gasteiger partial charge in [-0.3, -0.25) is 5.32 Å². The lowest BCUT2D eigenvalue weighted by Crippen LogP contribution is -2.19. The fraction of sp³-hybridized carbons (Fsp3) is 0.278. The van der Waals surface area contributed by atoms with E-state index in [1.54, 1.807) is 12.1 Å². The molecule has 0 aliphatic heterocycles. The molecular weight excluding hydrogens is 279 g/mol. The highest BCUT2D eigenvalue weighted by Gasteiger charge is 2.10. The first-order valence-electron chi connectivity index (χ1n) is 7.33. The van der Waals surface area contributed by atoms with Crippen molar-refractivity contribution in [2.75, 3.05) is 6.61 Å². The SMILES string of the molecule is CCCOc1cccc(C(C#N)NCc2ccc(F)cc2)c1. The Bertz CT molecular complexity index is 634. The van der Waals surface area contributed by atoms with Crippen LogP contribution in [0.15, 0.2) is 48.5 Å². The Morgan fingerprint density at radius 2 is 2.00 bits per heavy atom. The molecule has 2 rings (SSSR count). The van der Waals surface area contributed by atoms with E-state index in [0.717, 1.165) is 23.3 Å². The van der Waals surface area contributed by atoms with Crippen LogP contribution < -0.4 is 10.1 Å². The van der Waals surface area contributed by atoms with Crippen molar-refractivity contribution >= 4 is 0 Å². The number of rotatable bonds is 7. The van der Waals surface area contributed by atoms with Crippen molar-refractivity contribution in [3.8, 4) is 11.8 Å². The third-order valence-corrected chi connectivity index (χ3v) is 3.22. The Morgan fingerprint density at radius 1 is 1.23 bits per heavy atom. The number of halogens is 1. The van der Waals surface area contributed by atoms with Crippen molar-refractivity contribution in [3.05, 3.63) is 65.5 Å². The molecule has 114 valence electrons. The van der Waals surface area contributed by atoms with E-state index >= 15 is 0 Å². The van der Waals surface area contributed by atoms with Gasteiger partial charge in [0, 0.05) is 6.54 Å². The third-order valence-electron chi connectivity index (χ3n) is 3.22. The van der Waals surface area contributed by atoms with Gasteiger partial charge in [-0.1, -0.05) is 31.2 Å². The van der Waals surface area contributed by atoms with Crippen LogP contribution in [0.5, 0.6) is 5.75 Å². The van der Waals surface area contributed by atoms with Crippen molar-refractivity contribution in [1.29, 1.82) is 5.26 Å². The maximum atomic E-state index is 12.9. The van der Waals surface area contributed by atoms with E-state index < -0.39 is 6.04 Å². The minimum atomic E-state index is -0.435. The van der Waals surface area contributed by atoms with Crippen LogP contribution in [0.4, 0.5) is 4.39 Å². The predicted octanol–water partition coefficient (Wildman–Crippen LogP) is 3.97. The zero-order valence-corrected chi connectivity index (χ0v) is 12.6. The molecule has 0 saturated heterocycles. The maximum Gasteiger partial charge on any atom is 0.123 e. The van der Waals surface area contributed by atoms with Gasteiger partial charge in [-0.2, -0.15) is 5.26 Å². The molecule has 1 unspecified atom stereocenters. The van der Waals surface area contributed by atoms with E-state index in [9.17, 15) is 9.65 Å².